The minimum Gasteiger partial charge on any atom is -0.342 e. The zero-order valence-electron chi connectivity index (χ0n) is 11.5. The number of carbonyl (C=O) groups is 1. The van der Waals surface area contributed by atoms with Crippen molar-refractivity contribution in [3.05, 3.63) is 0 Å². The molecule has 0 aromatic carbocycles. The van der Waals surface area contributed by atoms with E-state index >= 15 is 0 Å². The molecule has 3 nitrogen and oxygen atoms in total. The quantitative estimate of drug-likeness (QED) is 0.645. The Balaban J connectivity index is 4.10. The summed E-state index contributed by atoms with van der Waals surface area (Å²) in [7, 11) is 1.92. The first-order valence-electron chi connectivity index (χ1n) is 6.39. The third-order valence-corrected chi connectivity index (χ3v) is 2.34. The second-order valence-electron chi connectivity index (χ2n) is 5.29. The van der Waals surface area contributed by atoms with Gasteiger partial charge >= 0.3 is 0 Å². The molecule has 0 aliphatic rings. The fraction of sp³-hybridized carbons (Fsp3) is 0.923. The van der Waals surface area contributed by atoms with E-state index in [9.17, 15) is 4.79 Å². The van der Waals surface area contributed by atoms with E-state index in [4.69, 9.17) is 0 Å². The molecule has 0 saturated carbocycles. The van der Waals surface area contributed by atoms with E-state index < -0.39 is 0 Å². The maximum atomic E-state index is 12.0. The van der Waals surface area contributed by atoms with Crippen LogP contribution in [0.3, 0.4) is 0 Å². The summed E-state index contributed by atoms with van der Waals surface area (Å²) in [6, 6.07) is 0. The van der Waals surface area contributed by atoms with E-state index in [1.54, 1.807) is 0 Å². The Hall–Kier alpha value is -0.570. The molecule has 0 atom stereocenters. The van der Waals surface area contributed by atoms with Crippen LogP contribution < -0.4 is 5.32 Å². The fourth-order valence-corrected chi connectivity index (χ4v) is 1.73. The second-order valence-corrected chi connectivity index (χ2v) is 5.29. The highest BCUT2D eigenvalue weighted by atomic mass is 16.2. The van der Waals surface area contributed by atoms with Gasteiger partial charge in [-0.15, -0.1) is 0 Å². The van der Waals surface area contributed by atoms with Gasteiger partial charge < -0.3 is 10.2 Å². The van der Waals surface area contributed by atoms with E-state index in [0.29, 0.717) is 24.2 Å². The summed E-state index contributed by atoms with van der Waals surface area (Å²) in [5.41, 5.74) is 0. The van der Waals surface area contributed by atoms with Crippen LogP contribution >= 0.6 is 0 Å². The smallest absolute Gasteiger partial charge is 0.222 e. The summed E-state index contributed by atoms with van der Waals surface area (Å²) < 4.78 is 0. The number of nitrogens with zero attached hydrogens (tertiary/aromatic N) is 1. The predicted octanol–water partition coefficient (Wildman–Crippen LogP) is 2.13. The van der Waals surface area contributed by atoms with Crippen LogP contribution in [-0.4, -0.2) is 37.5 Å². The number of rotatable bonds is 8. The number of carbonyl (C=O) groups excluding carboxylic acids is 1. The standard InChI is InChI=1S/C13H28N2O/c1-11(2)9-15(10-12(3)4)13(16)7-6-8-14-5/h11-12,14H,6-10H2,1-5H3. The number of nitrogens with one attached hydrogen (secondary N) is 1. The first-order chi connectivity index (χ1) is 7.47. The van der Waals surface area contributed by atoms with Crippen molar-refractivity contribution >= 4 is 5.91 Å². The minimum absolute atomic E-state index is 0.303. The molecule has 1 amide bonds. The fourth-order valence-electron chi connectivity index (χ4n) is 1.73. The molecule has 0 spiro atoms. The molecule has 0 aromatic heterocycles. The SMILES string of the molecule is CNCCCC(=O)N(CC(C)C)CC(C)C. The zero-order chi connectivity index (χ0) is 12.6. The molecule has 0 heterocycles. The molecule has 0 rings (SSSR count). The van der Waals surface area contributed by atoms with Crippen LogP contribution in [0.15, 0.2) is 0 Å². The number of hydrogen-bond acceptors (Lipinski definition) is 2. The summed E-state index contributed by atoms with van der Waals surface area (Å²) in [6.07, 6.45) is 1.60. The summed E-state index contributed by atoms with van der Waals surface area (Å²) in [5.74, 6) is 1.40. The maximum Gasteiger partial charge on any atom is 0.222 e. The van der Waals surface area contributed by atoms with Gasteiger partial charge in [0.2, 0.25) is 5.91 Å². The van der Waals surface area contributed by atoms with Gasteiger partial charge in [-0.25, -0.2) is 0 Å². The van der Waals surface area contributed by atoms with Crippen molar-refractivity contribution in [1.29, 1.82) is 0 Å². The van der Waals surface area contributed by atoms with E-state index in [1.807, 2.05) is 11.9 Å². The highest BCUT2D eigenvalue weighted by Gasteiger charge is 2.15. The molecule has 0 aromatic rings. The Morgan fingerprint density at radius 2 is 1.62 bits per heavy atom. The lowest BCUT2D eigenvalue weighted by Crippen LogP contribution is -2.37. The topological polar surface area (TPSA) is 32.3 Å². The lowest BCUT2D eigenvalue weighted by Gasteiger charge is -2.26. The normalized spacial score (nSPS) is 11.2. The largest absolute Gasteiger partial charge is 0.342 e. The third kappa shape index (κ3) is 7.69. The van der Waals surface area contributed by atoms with Crippen LogP contribution in [0.5, 0.6) is 0 Å². The Labute approximate surface area is 101 Å². The van der Waals surface area contributed by atoms with Crippen LogP contribution in [0.2, 0.25) is 0 Å². The van der Waals surface area contributed by atoms with Crippen LogP contribution in [0.25, 0.3) is 0 Å². The summed E-state index contributed by atoms with van der Waals surface area (Å²) in [6.45, 7) is 11.3. The van der Waals surface area contributed by atoms with E-state index in [0.717, 1.165) is 26.1 Å². The van der Waals surface area contributed by atoms with Crippen LogP contribution in [0, 0.1) is 11.8 Å². The molecular weight excluding hydrogens is 200 g/mol. The van der Waals surface area contributed by atoms with Gasteiger partial charge in [0.1, 0.15) is 0 Å². The number of hydrogen-bond donors (Lipinski definition) is 1. The maximum absolute atomic E-state index is 12.0. The van der Waals surface area contributed by atoms with Gasteiger partial charge in [0.05, 0.1) is 0 Å². The van der Waals surface area contributed by atoms with Crippen LogP contribution in [0.1, 0.15) is 40.5 Å². The summed E-state index contributed by atoms with van der Waals surface area (Å²) in [4.78, 5) is 14.0. The second kappa shape index (κ2) is 8.57. The highest BCUT2D eigenvalue weighted by molar-refractivity contribution is 5.76. The van der Waals surface area contributed by atoms with Crippen molar-refractivity contribution in [2.75, 3.05) is 26.7 Å². The van der Waals surface area contributed by atoms with Gasteiger partial charge in [0.15, 0.2) is 0 Å². The van der Waals surface area contributed by atoms with Crippen molar-refractivity contribution < 1.29 is 4.79 Å². The van der Waals surface area contributed by atoms with Gasteiger partial charge in [-0.1, -0.05) is 27.7 Å². The summed E-state index contributed by atoms with van der Waals surface area (Å²) >= 11 is 0. The molecule has 16 heavy (non-hydrogen) atoms. The Morgan fingerprint density at radius 1 is 1.12 bits per heavy atom. The first-order valence-corrected chi connectivity index (χ1v) is 6.39. The third-order valence-electron chi connectivity index (χ3n) is 2.34. The molecule has 3 heteroatoms. The molecule has 0 saturated heterocycles. The van der Waals surface area contributed by atoms with Gasteiger partial charge in [-0.05, 0) is 31.8 Å². The molecule has 96 valence electrons. The predicted molar refractivity (Wildman–Crippen MR) is 69.4 cm³/mol. The molecular formula is C13H28N2O. The Bertz CT molecular complexity index is 180. The van der Waals surface area contributed by atoms with Crippen molar-refractivity contribution in [2.24, 2.45) is 11.8 Å². The lowest BCUT2D eigenvalue weighted by atomic mass is 10.1. The molecule has 0 aliphatic heterocycles. The van der Waals surface area contributed by atoms with Gasteiger partial charge in [0, 0.05) is 19.5 Å². The van der Waals surface area contributed by atoms with E-state index in [2.05, 4.69) is 33.0 Å². The van der Waals surface area contributed by atoms with Crippen LogP contribution in [0.4, 0.5) is 0 Å². The first kappa shape index (κ1) is 15.4. The van der Waals surface area contributed by atoms with Gasteiger partial charge in [-0.3, -0.25) is 4.79 Å². The molecule has 0 unspecified atom stereocenters. The Kier molecular flexibility index (Phi) is 8.26. The van der Waals surface area contributed by atoms with Crippen molar-refractivity contribution in [2.45, 2.75) is 40.5 Å². The monoisotopic (exact) mass is 228 g/mol. The van der Waals surface area contributed by atoms with E-state index in [1.165, 1.54) is 0 Å². The zero-order valence-corrected chi connectivity index (χ0v) is 11.5. The molecule has 1 N–H and O–H groups in total. The molecule has 0 fully saturated rings. The van der Waals surface area contributed by atoms with Gasteiger partial charge in [-0.2, -0.15) is 0 Å². The molecule has 0 bridgehead atoms. The van der Waals surface area contributed by atoms with Crippen molar-refractivity contribution in [3.8, 4) is 0 Å². The average molecular weight is 228 g/mol. The lowest BCUT2D eigenvalue weighted by molar-refractivity contribution is -0.132. The molecule has 0 aliphatic carbocycles. The minimum atomic E-state index is 0.303. The summed E-state index contributed by atoms with van der Waals surface area (Å²) in [5, 5.41) is 3.07. The van der Waals surface area contributed by atoms with Gasteiger partial charge in [0.25, 0.3) is 0 Å². The average Bonchev–Trinajstić information content (AvgIpc) is 2.15. The van der Waals surface area contributed by atoms with E-state index in [-0.39, 0.29) is 0 Å². The van der Waals surface area contributed by atoms with Crippen molar-refractivity contribution in [1.82, 2.24) is 10.2 Å². The van der Waals surface area contributed by atoms with Crippen molar-refractivity contribution in [3.63, 3.8) is 0 Å². The Morgan fingerprint density at radius 3 is 2.00 bits per heavy atom. The molecule has 0 radical (unpaired) electrons. The van der Waals surface area contributed by atoms with Crippen LogP contribution in [-0.2, 0) is 4.79 Å². The number of amides is 1. The highest BCUT2D eigenvalue weighted by Crippen LogP contribution is 2.06.